The molecule has 4 N–H and O–H groups in total. The minimum atomic E-state index is -0.210. The third-order valence-electron chi connectivity index (χ3n) is 7.01. The first-order chi connectivity index (χ1) is 13.7. The number of hydrogen-bond donors (Lipinski definition) is 4. The van der Waals surface area contributed by atoms with Crippen LogP contribution in [0.4, 0.5) is 0 Å². The zero-order valence-corrected chi connectivity index (χ0v) is 21.0. The van der Waals surface area contributed by atoms with Gasteiger partial charge in [-0.1, -0.05) is 12.8 Å². The van der Waals surface area contributed by atoms with E-state index in [-0.39, 0.29) is 34.4 Å². The Morgan fingerprint density at radius 3 is 1.10 bits per heavy atom. The minimum absolute atomic E-state index is 0.0350. The Balaban J connectivity index is 1.66. The van der Waals surface area contributed by atoms with E-state index >= 15 is 0 Å². The maximum absolute atomic E-state index is 10.2. The Morgan fingerprint density at radius 1 is 0.567 bits per heavy atom. The Morgan fingerprint density at radius 2 is 0.833 bits per heavy atom. The summed E-state index contributed by atoms with van der Waals surface area (Å²) < 4.78 is 0. The first-order valence-electron chi connectivity index (χ1n) is 12.1. The predicted molar refractivity (Wildman–Crippen MR) is 125 cm³/mol. The second kappa shape index (κ2) is 9.72. The van der Waals surface area contributed by atoms with Crippen LogP contribution in [-0.2, 0) is 0 Å². The lowest BCUT2D eigenvalue weighted by atomic mass is 9.80. The molecular formula is C24H50N4O2. The molecule has 0 aromatic carbocycles. The molecule has 2 rings (SSSR count). The first-order valence-corrected chi connectivity index (χ1v) is 12.1. The number of piperidine rings is 2. The van der Waals surface area contributed by atoms with Crippen molar-refractivity contribution in [1.82, 2.24) is 20.9 Å². The fraction of sp³-hybridized carbons (Fsp3) is 1.00. The summed E-state index contributed by atoms with van der Waals surface area (Å²) in [6.07, 6.45) is 7.61. The van der Waals surface area contributed by atoms with Crippen molar-refractivity contribution >= 4 is 0 Å². The SMILES string of the molecule is CC1(C)CC(O)CC(C)(C)N1NCCCCCCNN1C(C)(C)CC(O)CC1(C)C. The van der Waals surface area contributed by atoms with Crippen LogP contribution >= 0.6 is 0 Å². The zero-order chi connectivity index (χ0) is 22.8. The highest BCUT2D eigenvalue weighted by atomic mass is 16.3. The average molecular weight is 427 g/mol. The molecule has 2 heterocycles. The van der Waals surface area contributed by atoms with Gasteiger partial charge in [0.05, 0.1) is 12.2 Å². The number of nitrogens with zero attached hydrogens (tertiary/aromatic N) is 2. The molecule has 6 nitrogen and oxygen atoms in total. The van der Waals surface area contributed by atoms with E-state index in [2.05, 4.69) is 76.3 Å². The number of aliphatic hydroxyl groups excluding tert-OH is 2. The number of unbranched alkanes of at least 4 members (excludes halogenated alkanes) is 3. The molecule has 6 heteroatoms. The minimum Gasteiger partial charge on any atom is -0.393 e. The van der Waals surface area contributed by atoms with Crippen LogP contribution in [-0.4, -0.2) is 67.7 Å². The molecule has 0 unspecified atom stereocenters. The van der Waals surface area contributed by atoms with Gasteiger partial charge in [0.15, 0.2) is 0 Å². The highest BCUT2D eigenvalue weighted by molar-refractivity contribution is 4.99. The number of aliphatic hydroxyl groups is 2. The smallest absolute Gasteiger partial charge is 0.0576 e. The summed E-state index contributed by atoms with van der Waals surface area (Å²) in [5.74, 6) is 0. The maximum Gasteiger partial charge on any atom is 0.0576 e. The number of hydrazine groups is 2. The lowest BCUT2D eigenvalue weighted by Gasteiger charge is -2.54. The summed E-state index contributed by atoms with van der Waals surface area (Å²) in [5, 5.41) is 25.1. The fourth-order valence-corrected chi connectivity index (χ4v) is 6.30. The molecule has 2 aliphatic rings. The van der Waals surface area contributed by atoms with E-state index < -0.39 is 0 Å². The molecule has 0 aromatic heterocycles. The van der Waals surface area contributed by atoms with Crippen LogP contribution in [0.25, 0.3) is 0 Å². The molecular weight excluding hydrogens is 376 g/mol. The molecule has 0 atom stereocenters. The molecule has 0 spiro atoms. The van der Waals surface area contributed by atoms with Crippen molar-refractivity contribution in [3.8, 4) is 0 Å². The van der Waals surface area contributed by atoms with Crippen LogP contribution in [0.3, 0.4) is 0 Å². The molecule has 0 saturated carbocycles. The number of hydrogen-bond acceptors (Lipinski definition) is 6. The highest BCUT2D eigenvalue weighted by Crippen LogP contribution is 2.37. The lowest BCUT2D eigenvalue weighted by Crippen LogP contribution is -2.66. The molecule has 0 aliphatic carbocycles. The summed E-state index contributed by atoms with van der Waals surface area (Å²) in [6.45, 7) is 19.7. The van der Waals surface area contributed by atoms with E-state index in [0.717, 1.165) is 51.6 Å². The van der Waals surface area contributed by atoms with Crippen molar-refractivity contribution in [1.29, 1.82) is 0 Å². The summed E-state index contributed by atoms with van der Waals surface area (Å²) in [7, 11) is 0. The topological polar surface area (TPSA) is 71.0 Å². The quantitative estimate of drug-likeness (QED) is 0.423. The molecule has 0 bridgehead atoms. The predicted octanol–water partition coefficient (Wildman–Crippen LogP) is 3.58. The van der Waals surface area contributed by atoms with Gasteiger partial charge in [-0.25, -0.2) is 10.0 Å². The highest BCUT2D eigenvalue weighted by Gasteiger charge is 2.45. The molecule has 30 heavy (non-hydrogen) atoms. The summed E-state index contributed by atoms with van der Waals surface area (Å²) in [6, 6.07) is 0. The number of nitrogens with one attached hydrogen (secondary N) is 2. The Kier molecular flexibility index (Phi) is 8.43. The van der Waals surface area contributed by atoms with Crippen LogP contribution in [0.2, 0.25) is 0 Å². The van der Waals surface area contributed by atoms with E-state index in [1.807, 2.05) is 0 Å². The molecule has 2 saturated heterocycles. The van der Waals surface area contributed by atoms with Gasteiger partial charge < -0.3 is 10.2 Å². The van der Waals surface area contributed by atoms with Crippen LogP contribution in [0.1, 0.15) is 107 Å². The van der Waals surface area contributed by atoms with Gasteiger partial charge in [0, 0.05) is 35.2 Å². The molecule has 2 fully saturated rings. The number of rotatable bonds is 9. The first kappa shape index (κ1) is 26.0. The van der Waals surface area contributed by atoms with Crippen molar-refractivity contribution < 1.29 is 10.2 Å². The third-order valence-corrected chi connectivity index (χ3v) is 7.01. The largest absolute Gasteiger partial charge is 0.393 e. The average Bonchev–Trinajstić information content (AvgIpc) is 2.50. The summed E-state index contributed by atoms with van der Waals surface area (Å²) in [4.78, 5) is 0. The van der Waals surface area contributed by atoms with Gasteiger partial charge in [0.25, 0.3) is 0 Å². The van der Waals surface area contributed by atoms with Gasteiger partial charge in [-0.2, -0.15) is 0 Å². The van der Waals surface area contributed by atoms with Crippen molar-refractivity contribution in [2.75, 3.05) is 13.1 Å². The van der Waals surface area contributed by atoms with Crippen molar-refractivity contribution in [3.63, 3.8) is 0 Å². The van der Waals surface area contributed by atoms with Gasteiger partial charge >= 0.3 is 0 Å². The molecule has 178 valence electrons. The van der Waals surface area contributed by atoms with Gasteiger partial charge in [0.2, 0.25) is 0 Å². The molecule has 0 aromatic rings. The Labute approximate surface area is 185 Å². The Hall–Kier alpha value is -0.240. The Bertz CT molecular complexity index is 463. The monoisotopic (exact) mass is 426 g/mol. The molecule has 0 amide bonds. The molecule has 2 aliphatic heterocycles. The molecule has 0 radical (unpaired) electrons. The van der Waals surface area contributed by atoms with E-state index in [4.69, 9.17) is 0 Å². The van der Waals surface area contributed by atoms with Crippen LogP contribution in [0.5, 0.6) is 0 Å². The normalized spacial score (nSPS) is 27.4. The van der Waals surface area contributed by atoms with Crippen molar-refractivity contribution in [2.45, 2.75) is 141 Å². The zero-order valence-electron chi connectivity index (χ0n) is 21.0. The maximum atomic E-state index is 10.2. The lowest BCUT2D eigenvalue weighted by molar-refractivity contribution is -0.113. The fourth-order valence-electron chi connectivity index (χ4n) is 6.30. The van der Waals surface area contributed by atoms with E-state index in [1.165, 1.54) is 12.8 Å². The van der Waals surface area contributed by atoms with Crippen LogP contribution < -0.4 is 10.9 Å². The summed E-state index contributed by atoms with van der Waals surface area (Å²) >= 11 is 0. The van der Waals surface area contributed by atoms with Crippen LogP contribution in [0, 0.1) is 0 Å². The van der Waals surface area contributed by atoms with Gasteiger partial charge in [-0.15, -0.1) is 0 Å². The van der Waals surface area contributed by atoms with Gasteiger partial charge in [0.1, 0.15) is 0 Å². The van der Waals surface area contributed by atoms with Crippen molar-refractivity contribution in [2.24, 2.45) is 0 Å². The van der Waals surface area contributed by atoms with Crippen molar-refractivity contribution in [3.05, 3.63) is 0 Å². The van der Waals surface area contributed by atoms with E-state index in [1.54, 1.807) is 0 Å². The van der Waals surface area contributed by atoms with E-state index in [9.17, 15) is 10.2 Å². The standard InChI is InChI=1S/C24H50N4O2/c1-21(2)15-19(29)16-22(3,4)27(21)25-13-11-9-10-12-14-26-28-23(5,6)17-20(30)18-24(28,7)8/h19-20,25-26,29-30H,9-18H2,1-8H3. The second-order valence-electron chi connectivity index (χ2n) is 12.3. The van der Waals surface area contributed by atoms with E-state index in [0.29, 0.717) is 0 Å². The summed E-state index contributed by atoms with van der Waals surface area (Å²) in [5.41, 5.74) is 7.19. The van der Waals surface area contributed by atoms with Gasteiger partial charge in [-0.3, -0.25) is 10.9 Å². The third kappa shape index (κ3) is 6.63. The van der Waals surface area contributed by atoms with Gasteiger partial charge in [-0.05, 0) is 93.9 Å². The second-order valence-corrected chi connectivity index (χ2v) is 12.3. The van der Waals surface area contributed by atoms with Crippen LogP contribution in [0.15, 0.2) is 0 Å².